The molecule has 2 rings (SSSR count). The van der Waals surface area contributed by atoms with Crippen molar-refractivity contribution in [1.29, 1.82) is 0 Å². The Kier molecular flexibility index (Phi) is 2.82. The molecule has 1 atom stereocenters. The van der Waals surface area contributed by atoms with Crippen molar-refractivity contribution in [2.24, 2.45) is 11.7 Å². The van der Waals surface area contributed by atoms with E-state index in [1.165, 1.54) is 25.9 Å². The zero-order valence-electron chi connectivity index (χ0n) is 9.33. The third-order valence-electron chi connectivity index (χ3n) is 3.38. The summed E-state index contributed by atoms with van der Waals surface area (Å²) in [6, 6.07) is 0. The number of nitrogens with zero attached hydrogens (tertiary/aromatic N) is 1. The summed E-state index contributed by atoms with van der Waals surface area (Å²) in [7, 11) is 0. The summed E-state index contributed by atoms with van der Waals surface area (Å²) in [6.45, 7) is 8.68. The smallest absolute Gasteiger partial charge is 0.0710 e. The van der Waals surface area contributed by atoms with Crippen LogP contribution in [-0.4, -0.2) is 42.8 Å². The lowest BCUT2D eigenvalue weighted by atomic mass is 9.99. The van der Waals surface area contributed by atoms with Crippen molar-refractivity contribution in [2.45, 2.75) is 38.4 Å². The van der Waals surface area contributed by atoms with Crippen LogP contribution in [0.4, 0.5) is 0 Å². The molecule has 0 amide bonds. The first-order valence-corrected chi connectivity index (χ1v) is 5.69. The van der Waals surface area contributed by atoms with E-state index in [4.69, 9.17) is 10.5 Å². The van der Waals surface area contributed by atoms with Crippen molar-refractivity contribution in [2.75, 3.05) is 26.2 Å². The maximum atomic E-state index is 5.95. The van der Waals surface area contributed by atoms with Crippen LogP contribution < -0.4 is 5.73 Å². The third-order valence-corrected chi connectivity index (χ3v) is 3.38. The molecule has 3 nitrogen and oxygen atoms in total. The highest BCUT2D eigenvalue weighted by Crippen LogP contribution is 2.30. The molecule has 0 aromatic rings. The Balaban J connectivity index is 1.68. The van der Waals surface area contributed by atoms with Crippen LogP contribution in [0.2, 0.25) is 0 Å². The summed E-state index contributed by atoms with van der Waals surface area (Å²) in [5.41, 5.74) is 5.70. The number of ether oxygens (including phenoxy) is 1. The van der Waals surface area contributed by atoms with Gasteiger partial charge in [-0.1, -0.05) is 0 Å². The highest BCUT2D eigenvalue weighted by atomic mass is 16.5. The van der Waals surface area contributed by atoms with Crippen molar-refractivity contribution >= 4 is 0 Å². The lowest BCUT2D eigenvalue weighted by Crippen LogP contribution is -2.52. The van der Waals surface area contributed by atoms with E-state index in [1.807, 2.05) is 0 Å². The van der Waals surface area contributed by atoms with E-state index in [9.17, 15) is 0 Å². The normalized spacial score (nSPS) is 33.2. The van der Waals surface area contributed by atoms with Gasteiger partial charge in [0.25, 0.3) is 0 Å². The highest BCUT2D eigenvalue weighted by molar-refractivity contribution is 4.87. The summed E-state index contributed by atoms with van der Waals surface area (Å²) >= 11 is 0. The summed E-state index contributed by atoms with van der Waals surface area (Å²) in [4.78, 5) is 2.46. The fourth-order valence-corrected chi connectivity index (χ4v) is 2.47. The molecule has 0 spiro atoms. The van der Waals surface area contributed by atoms with Gasteiger partial charge in [0.1, 0.15) is 0 Å². The van der Waals surface area contributed by atoms with E-state index < -0.39 is 0 Å². The summed E-state index contributed by atoms with van der Waals surface area (Å²) in [5.74, 6) is 0.740. The van der Waals surface area contributed by atoms with Gasteiger partial charge in [-0.15, -0.1) is 0 Å². The van der Waals surface area contributed by atoms with Crippen molar-refractivity contribution in [3.05, 3.63) is 0 Å². The average molecular weight is 198 g/mol. The molecule has 2 aliphatic heterocycles. The standard InChI is InChI=1S/C11H22N2O/c1-11(2)4-3-10(14-11)8-13-6-9(5-12)7-13/h9-10H,3-8,12H2,1-2H3. The van der Waals surface area contributed by atoms with Crippen LogP contribution in [0, 0.1) is 5.92 Å². The predicted octanol–water partition coefficient (Wildman–Crippen LogP) is 0.834. The van der Waals surface area contributed by atoms with E-state index in [0.717, 1.165) is 19.0 Å². The van der Waals surface area contributed by atoms with Crippen LogP contribution in [0.25, 0.3) is 0 Å². The van der Waals surface area contributed by atoms with Gasteiger partial charge < -0.3 is 15.4 Å². The first-order chi connectivity index (χ1) is 6.59. The molecule has 0 aliphatic carbocycles. The van der Waals surface area contributed by atoms with Crippen LogP contribution in [-0.2, 0) is 4.74 Å². The Morgan fingerprint density at radius 2 is 2.14 bits per heavy atom. The Bertz CT molecular complexity index is 199. The van der Waals surface area contributed by atoms with Crippen molar-refractivity contribution in [1.82, 2.24) is 4.90 Å². The largest absolute Gasteiger partial charge is 0.371 e. The zero-order valence-corrected chi connectivity index (χ0v) is 9.33. The number of hydrogen-bond acceptors (Lipinski definition) is 3. The maximum Gasteiger partial charge on any atom is 0.0710 e. The average Bonchev–Trinajstić information content (AvgIpc) is 2.37. The second-order valence-corrected chi connectivity index (χ2v) is 5.36. The molecule has 3 heteroatoms. The number of likely N-dealkylation sites (tertiary alicyclic amines) is 1. The lowest BCUT2D eigenvalue weighted by molar-refractivity contribution is -0.0432. The molecule has 0 radical (unpaired) electrons. The summed E-state index contributed by atoms with van der Waals surface area (Å²) in [5, 5.41) is 0. The van der Waals surface area contributed by atoms with E-state index in [2.05, 4.69) is 18.7 Å². The monoisotopic (exact) mass is 198 g/mol. The molecule has 2 heterocycles. The Morgan fingerprint density at radius 3 is 2.64 bits per heavy atom. The molecule has 0 saturated carbocycles. The van der Waals surface area contributed by atoms with Gasteiger partial charge in [0.05, 0.1) is 11.7 Å². The maximum absolute atomic E-state index is 5.95. The van der Waals surface area contributed by atoms with Crippen molar-refractivity contribution in [3.8, 4) is 0 Å². The van der Waals surface area contributed by atoms with Gasteiger partial charge in [-0.3, -0.25) is 0 Å². The van der Waals surface area contributed by atoms with E-state index in [-0.39, 0.29) is 5.60 Å². The minimum atomic E-state index is 0.114. The summed E-state index contributed by atoms with van der Waals surface area (Å²) in [6.07, 6.45) is 2.88. The number of nitrogens with two attached hydrogens (primary N) is 1. The first-order valence-electron chi connectivity index (χ1n) is 5.69. The quantitative estimate of drug-likeness (QED) is 0.730. The molecule has 2 saturated heterocycles. The van der Waals surface area contributed by atoms with Crippen LogP contribution in [0.1, 0.15) is 26.7 Å². The number of hydrogen-bond donors (Lipinski definition) is 1. The molecule has 1 unspecified atom stereocenters. The molecule has 0 bridgehead atoms. The molecule has 0 aromatic heterocycles. The minimum Gasteiger partial charge on any atom is -0.371 e. The molecule has 82 valence electrons. The Labute approximate surface area is 86.6 Å². The van der Waals surface area contributed by atoms with Crippen LogP contribution in [0.5, 0.6) is 0 Å². The Morgan fingerprint density at radius 1 is 1.43 bits per heavy atom. The van der Waals surface area contributed by atoms with E-state index in [0.29, 0.717) is 6.10 Å². The van der Waals surface area contributed by atoms with Gasteiger partial charge in [-0.05, 0) is 39.2 Å². The zero-order chi connectivity index (χ0) is 10.2. The lowest BCUT2D eigenvalue weighted by Gasteiger charge is -2.40. The molecule has 2 aliphatic rings. The highest BCUT2D eigenvalue weighted by Gasteiger charge is 2.35. The first kappa shape index (κ1) is 10.4. The van der Waals surface area contributed by atoms with E-state index >= 15 is 0 Å². The van der Waals surface area contributed by atoms with Crippen LogP contribution >= 0.6 is 0 Å². The Hall–Kier alpha value is -0.120. The topological polar surface area (TPSA) is 38.5 Å². The van der Waals surface area contributed by atoms with Crippen molar-refractivity contribution < 1.29 is 4.74 Å². The second kappa shape index (κ2) is 3.80. The van der Waals surface area contributed by atoms with Gasteiger partial charge in [0.15, 0.2) is 0 Å². The van der Waals surface area contributed by atoms with Gasteiger partial charge in [-0.25, -0.2) is 0 Å². The fourth-order valence-electron chi connectivity index (χ4n) is 2.47. The van der Waals surface area contributed by atoms with Crippen molar-refractivity contribution in [3.63, 3.8) is 0 Å². The third kappa shape index (κ3) is 2.27. The fraction of sp³-hybridized carbons (Fsp3) is 1.00. The second-order valence-electron chi connectivity index (χ2n) is 5.36. The minimum absolute atomic E-state index is 0.114. The van der Waals surface area contributed by atoms with E-state index in [1.54, 1.807) is 0 Å². The van der Waals surface area contributed by atoms with Gasteiger partial charge in [0.2, 0.25) is 0 Å². The van der Waals surface area contributed by atoms with Crippen LogP contribution in [0.3, 0.4) is 0 Å². The summed E-state index contributed by atoms with van der Waals surface area (Å²) < 4.78 is 5.95. The molecular formula is C11H22N2O. The molecule has 0 aromatic carbocycles. The van der Waals surface area contributed by atoms with Gasteiger partial charge in [-0.2, -0.15) is 0 Å². The SMILES string of the molecule is CC1(C)CCC(CN2CC(CN)C2)O1. The van der Waals surface area contributed by atoms with Gasteiger partial charge in [0, 0.05) is 19.6 Å². The van der Waals surface area contributed by atoms with Gasteiger partial charge >= 0.3 is 0 Å². The molecule has 2 N–H and O–H groups in total. The molecular weight excluding hydrogens is 176 g/mol. The molecule has 2 fully saturated rings. The predicted molar refractivity (Wildman–Crippen MR) is 57.2 cm³/mol. The number of rotatable bonds is 3. The molecule has 14 heavy (non-hydrogen) atoms. The van der Waals surface area contributed by atoms with Crippen LogP contribution in [0.15, 0.2) is 0 Å².